The van der Waals surface area contributed by atoms with E-state index >= 15 is 0 Å². The second-order valence-corrected chi connectivity index (χ2v) is 6.60. The van der Waals surface area contributed by atoms with E-state index in [9.17, 15) is 9.59 Å². The quantitative estimate of drug-likeness (QED) is 0.662. The van der Waals surface area contributed by atoms with Gasteiger partial charge in [-0.15, -0.1) is 0 Å². The van der Waals surface area contributed by atoms with Gasteiger partial charge in [-0.2, -0.15) is 5.10 Å². The third-order valence-electron chi connectivity index (χ3n) is 4.87. The molecule has 0 aliphatic carbocycles. The summed E-state index contributed by atoms with van der Waals surface area (Å²) >= 11 is 0. The Bertz CT molecular complexity index is 1080. The van der Waals surface area contributed by atoms with Gasteiger partial charge in [0.25, 0.3) is 11.5 Å². The molecule has 0 spiro atoms. The Morgan fingerprint density at radius 1 is 1.32 bits per heavy atom. The van der Waals surface area contributed by atoms with Crippen molar-refractivity contribution >= 4 is 17.0 Å². The van der Waals surface area contributed by atoms with Gasteiger partial charge in [0.2, 0.25) is 5.71 Å². The van der Waals surface area contributed by atoms with Crippen LogP contribution in [0.4, 0.5) is 0 Å². The lowest BCUT2D eigenvalue weighted by molar-refractivity contribution is 0.0950. The number of methoxy groups -OCH3 is 1. The number of hydrogen-bond acceptors (Lipinski definition) is 6. The van der Waals surface area contributed by atoms with E-state index in [1.807, 2.05) is 25.5 Å². The monoisotopic (exact) mass is 387 g/mol. The third kappa shape index (κ3) is 3.45. The number of rotatable bonds is 7. The van der Waals surface area contributed by atoms with E-state index in [4.69, 9.17) is 9.15 Å². The molecule has 3 rings (SSSR count). The highest BCUT2D eigenvalue weighted by Gasteiger charge is 2.23. The zero-order valence-corrected chi connectivity index (χ0v) is 16.8. The Morgan fingerprint density at radius 2 is 2.07 bits per heavy atom. The highest BCUT2D eigenvalue weighted by atomic mass is 16.5. The average molecular weight is 387 g/mol. The molecular formula is C19H25N5O4. The molecule has 0 unspecified atom stereocenters. The molecule has 3 aromatic heterocycles. The van der Waals surface area contributed by atoms with Crippen molar-refractivity contribution in [2.24, 2.45) is 0 Å². The molecule has 150 valence electrons. The second kappa shape index (κ2) is 7.97. The van der Waals surface area contributed by atoms with Gasteiger partial charge in [-0.3, -0.25) is 18.8 Å². The van der Waals surface area contributed by atoms with Crippen molar-refractivity contribution in [3.8, 4) is 0 Å². The molecule has 1 N–H and O–H groups in total. The molecule has 0 bridgehead atoms. The van der Waals surface area contributed by atoms with Crippen LogP contribution >= 0.6 is 0 Å². The summed E-state index contributed by atoms with van der Waals surface area (Å²) in [6.07, 6.45) is 1.40. The van der Waals surface area contributed by atoms with Gasteiger partial charge in [0, 0.05) is 31.5 Å². The van der Waals surface area contributed by atoms with Crippen LogP contribution in [0, 0.1) is 20.8 Å². The maximum atomic E-state index is 12.9. The number of ether oxygens (including phenoxy) is 1. The molecule has 0 atom stereocenters. The summed E-state index contributed by atoms with van der Waals surface area (Å²) in [6.45, 7) is 9.36. The van der Waals surface area contributed by atoms with Gasteiger partial charge in [0.1, 0.15) is 17.5 Å². The minimum atomic E-state index is -0.373. The van der Waals surface area contributed by atoms with E-state index in [2.05, 4.69) is 15.4 Å². The first-order chi connectivity index (χ1) is 13.4. The fraction of sp³-hybridized carbons (Fsp3) is 0.474. The van der Waals surface area contributed by atoms with Gasteiger partial charge >= 0.3 is 0 Å². The lowest BCUT2D eigenvalue weighted by Crippen LogP contribution is -2.27. The molecule has 0 radical (unpaired) electrons. The summed E-state index contributed by atoms with van der Waals surface area (Å²) in [7, 11) is 1.56. The number of carbonyl (C=O) groups excluding carboxylic acids is 1. The van der Waals surface area contributed by atoms with E-state index in [0.717, 1.165) is 23.5 Å². The van der Waals surface area contributed by atoms with Crippen LogP contribution in [0.2, 0.25) is 0 Å². The zero-order valence-electron chi connectivity index (χ0n) is 16.8. The Hall–Kier alpha value is -2.94. The van der Waals surface area contributed by atoms with Gasteiger partial charge in [0.15, 0.2) is 0 Å². The molecule has 0 fully saturated rings. The van der Waals surface area contributed by atoms with E-state index < -0.39 is 0 Å². The summed E-state index contributed by atoms with van der Waals surface area (Å²) < 4.78 is 13.9. The molecule has 9 nitrogen and oxygen atoms in total. The highest BCUT2D eigenvalue weighted by molar-refractivity contribution is 6.06. The van der Waals surface area contributed by atoms with Crippen molar-refractivity contribution < 1.29 is 13.9 Å². The molecule has 0 saturated heterocycles. The first-order valence-corrected chi connectivity index (χ1v) is 9.17. The van der Waals surface area contributed by atoms with Crippen LogP contribution in [0.5, 0.6) is 0 Å². The van der Waals surface area contributed by atoms with Gasteiger partial charge < -0.3 is 14.5 Å². The zero-order chi connectivity index (χ0) is 20.4. The average Bonchev–Trinajstić information content (AvgIpc) is 3.15. The highest BCUT2D eigenvalue weighted by Crippen LogP contribution is 2.21. The minimum Gasteiger partial charge on any atom is -0.442 e. The maximum Gasteiger partial charge on any atom is 0.265 e. The fourth-order valence-corrected chi connectivity index (χ4v) is 3.31. The van der Waals surface area contributed by atoms with Crippen molar-refractivity contribution in [2.75, 3.05) is 13.7 Å². The number of amides is 1. The van der Waals surface area contributed by atoms with Gasteiger partial charge in [0.05, 0.1) is 24.4 Å². The first kappa shape index (κ1) is 19.8. The first-order valence-electron chi connectivity index (χ1n) is 9.17. The Labute approximate surface area is 162 Å². The van der Waals surface area contributed by atoms with Crippen LogP contribution in [0.25, 0.3) is 11.1 Å². The molecule has 1 amide bonds. The fourth-order valence-electron chi connectivity index (χ4n) is 3.31. The topological polar surface area (TPSA) is 104 Å². The number of aryl methyl sites for hydroxylation is 3. The lowest BCUT2D eigenvalue weighted by atomic mass is 10.1. The van der Waals surface area contributed by atoms with Gasteiger partial charge in [-0.1, -0.05) is 0 Å². The Morgan fingerprint density at radius 3 is 2.71 bits per heavy atom. The molecule has 0 aliphatic rings. The van der Waals surface area contributed by atoms with Crippen LogP contribution < -0.4 is 10.9 Å². The largest absolute Gasteiger partial charge is 0.442 e. The van der Waals surface area contributed by atoms with Crippen molar-refractivity contribution in [1.82, 2.24) is 24.6 Å². The number of fused-ring (bicyclic) bond motifs is 1. The summed E-state index contributed by atoms with van der Waals surface area (Å²) in [6, 6.07) is 0. The summed E-state index contributed by atoms with van der Waals surface area (Å²) in [4.78, 5) is 29.9. The molecular weight excluding hydrogens is 362 g/mol. The van der Waals surface area contributed by atoms with Crippen LogP contribution in [0.1, 0.15) is 40.0 Å². The number of aromatic nitrogens is 4. The van der Waals surface area contributed by atoms with Crippen molar-refractivity contribution in [2.45, 2.75) is 47.3 Å². The van der Waals surface area contributed by atoms with Crippen LogP contribution in [-0.4, -0.2) is 39.0 Å². The normalized spacial score (nSPS) is 11.3. The van der Waals surface area contributed by atoms with Gasteiger partial charge in [-0.25, -0.2) is 4.98 Å². The number of nitrogens with one attached hydrogen (secondary N) is 1. The SMILES string of the molecule is CCn1nc(C)c(CNC(=O)c2c(C)oc3ncn(CCOC)c(=O)c23)c1C. The molecule has 0 saturated carbocycles. The third-order valence-corrected chi connectivity index (χ3v) is 4.87. The molecule has 3 aromatic rings. The lowest BCUT2D eigenvalue weighted by Gasteiger charge is -2.07. The van der Waals surface area contributed by atoms with Crippen molar-refractivity contribution in [3.05, 3.63) is 45.0 Å². The van der Waals surface area contributed by atoms with Crippen LogP contribution in [0.15, 0.2) is 15.5 Å². The maximum absolute atomic E-state index is 12.9. The number of furan rings is 1. The smallest absolute Gasteiger partial charge is 0.265 e. The second-order valence-electron chi connectivity index (χ2n) is 6.60. The number of carbonyl (C=O) groups is 1. The van der Waals surface area contributed by atoms with E-state index in [1.54, 1.807) is 14.0 Å². The van der Waals surface area contributed by atoms with Gasteiger partial charge in [-0.05, 0) is 27.7 Å². The minimum absolute atomic E-state index is 0.160. The van der Waals surface area contributed by atoms with E-state index in [0.29, 0.717) is 25.5 Å². The molecule has 9 heteroatoms. The van der Waals surface area contributed by atoms with Crippen LogP contribution in [-0.2, 0) is 24.4 Å². The predicted molar refractivity (Wildman–Crippen MR) is 103 cm³/mol. The predicted octanol–water partition coefficient (Wildman–Crippen LogP) is 1.71. The Balaban J connectivity index is 1.92. The van der Waals surface area contributed by atoms with Crippen molar-refractivity contribution in [3.63, 3.8) is 0 Å². The summed E-state index contributed by atoms with van der Waals surface area (Å²) in [5.74, 6) is -0.0121. The molecule has 0 aromatic carbocycles. The number of nitrogens with zero attached hydrogens (tertiary/aromatic N) is 4. The van der Waals surface area contributed by atoms with E-state index in [1.165, 1.54) is 10.9 Å². The van der Waals surface area contributed by atoms with Crippen molar-refractivity contribution in [1.29, 1.82) is 0 Å². The van der Waals surface area contributed by atoms with Crippen LogP contribution in [0.3, 0.4) is 0 Å². The molecule has 28 heavy (non-hydrogen) atoms. The molecule has 0 aliphatic heterocycles. The number of hydrogen-bond donors (Lipinski definition) is 1. The summed E-state index contributed by atoms with van der Waals surface area (Å²) in [5.41, 5.74) is 2.91. The summed E-state index contributed by atoms with van der Waals surface area (Å²) in [5, 5.41) is 7.54. The Kier molecular flexibility index (Phi) is 5.64. The standard InChI is InChI=1S/C19H25N5O4/c1-6-24-12(3)14(11(2)22-24)9-20-17(25)15-13(4)28-18-16(15)19(26)23(10-21-18)7-8-27-5/h10H,6-9H2,1-5H3,(H,20,25). The molecule has 3 heterocycles. The van der Waals surface area contributed by atoms with E-state index in [-0.39, 0.29) is 28.1 Å².